The van der Waals surface area contributed by atoms with Crippen LogP contribution in [0, 0.1) is 56.2 Å². The molecule has 0 spiro atoms. The third kappa shape index (κ3) is 3.81. The number of allylic oxidation sites excluding steroid dienone is 2. The lowest BCUT2D eigenvalue weighted by molar-refractivity contribution is -0.254. The molecule has 9 atom stereocenters. The second kappa shape index (κ2) is 8.72. The summed E-state index contributed by atoms with van der Waals surface area (Å²) in [6, 6.07) is 9.48. The van der Waals surface area contributed by atoms with Gasteiger partial charge in [0, 0.05) is 5.92 Å². The molecule has 0 N–H and O–H groups in total. The highest BCUT2D eigenvalue weighted by Crippen LogP contribution is 2.78. The predicted octanol–water partition coefficient (Wildman–Crippen LogP) is 10.2. The van der Waals surface area contributed by atoms with Crippen LogP contribution < -0.4 is 0 Å². The Labute approximate surface area is 238 Å². The van der Waals surface area contributed by atoms with Crippen LogP contribution in [0.5, 0.6) is 0 Å². The number of rotatable bonds is 2. The van der Waals surface area contributed by atoms with Gasteiger partial charge >= 0.3 is 5.97 Å². The van der Waals surface area contributed by atoms with Crippen LogP contribution in [0.3, 0.4) is 0 Å². The Morgan fingerprint density at radius 3 is 2.10 bits per heavy atom. The molecule has 4 saturated carbocycles. The molecule has 4 fully saturated rings. The van der Waals surface area contributed by atoms with Crippen molar-refractivity contribution < 1.29 is 9.53 Å². The highest BCUT2D eigenvalue weighted by atomic mass is 16.5. The zero-order chi connectivity index (χ0) is 28.1. The first-order valence-electron chi connectivity index (χ1n) is 16.2. The standard InChI is InChI=1S/C37H54O2/c1-25-27(39-31(38)26-12-10-9-11-13-26)14-15-28-34(25,5)17-16-29-35(28,6)21-23-37(8)30-24-32(2,3)18-19-33(30,4)20-22-36(29,37)7/h9-14,25,28-30H,15-24H2,1-8H3/t25-,28-,29-,30+,33-,34-,35-,36-,37+/m1/s1. The minimum absolute atomic E-state index is 0.173. The summed E-state index contributed by atoms with van der Waals surface area (Å²) in [7, 11) is 0. The second-order valence-electron chi connectivity index (χ2n) is 16.9. The molecule has 214 valence electrons. The van der Waals surface area contributed by atoms with Crippen LogP contribution in [0.15, 0.2) is 42.2 Å². The largest absolute Gasteiger partial charge is 0.428 e. The summed E-state index contributed by atoms with van der Waals surface area (Å²) in [5, 5.41) is 0. The first-order chi connectivity index (χ1) is 18.2. The Morgan fingerprint density at radius 1 is 0.744 bits per heavy atom. The topological polar surface area (TPSA) is 26.3 Å². The summed E-state index contributed by atoms with van der Waals surface area (Å²) in [6.07, 6.45) is 15.7. The summed E-state index contributed by atoms with van der Waals surface area (Å²) in [5.74, 6) is 3.24. The Kier molecular flexibility index (Phi) is 6.17. The smallest absolute Gasteiger partial charge is 0.343 e. The SMILES string of the molecule is C[C@@H]1C(OC(=O)c2ccccc2)=CC[C@@H]2[C@]1(C)CC[C@@H]1[C@]2(C)CC[C@@]2(C)[C@H]3CC(C)(C)CC[C@]3(C)CC[C@]12C. The zero-order valence-electron chi connectivity index (χ0n) is 26.2. The zero-order valence-corrected chi connectivity index (χ0v) is 26.2. The molecule has 0 aromatic heterocycles. The van der Waals surface area contributed by atoms with Gasteiger partial charge in [-0.15, -0.1) is 0 Å². The Balaban J connectivity index is 1.30. The second-order valence-corrected chi connectivity index (χ2v) is 16.9. The molecular weight excluding hydrogens is 476 g/mol. The molecule has 39 heavy (non-hydrogen) atoms. The molecule has 0 unspecified atom stereocenters. The van der Waals surface area contributed by atoms with Crippen LogP contribution in [-0.4, -0.2) is 5.97 Å². The van der Waals surface area contributed by atoms with E-state index < -0.39 is 0 Å². The van der Waals surface area contributed by atoms with Crippen LogP contribution in [-0.2, 0) is 4.74 Å². The first kappa shape index (κ1) is 27.6. The van der Waals surface area contributed by atoms with Crippen molar-refractivity contribution in [3.05, 3.63) is 47.7 Å². The number of fused-ring (bicyclic) bond motifs is 7. The average Bonchev–Trinajstić information content (AvgIpc) is 2.89. The van der Waals surface area contributed by atoms with Crippen molar-refractivity contribution >= 4 is 5.97 Å². The third-order valence-electron chi connectivity index (χ3n) is 14.8. The van der Waals surface area contributed by atoms with E-state index >= 15 is 0 Å². The maximum atomic E-state index is 13.0. The van der Waals surface area contributed by atoms with E-state index in [-0.39, 0.29) is 17.3 Å². The number of carbonyl (C=O) groups is 1. The maximum Gasteiger partial charge on any atom is 0.343 e. The lowest BCUT2D eigenvalue weighted by atomic mass is 9.30. The molecular formula is C37H54O2. The van der Waals surface area contributed by atoms with Crippen LogP contribution >= 0.6 is 0 Å². The number of esters is 1. The molecule has 0 amide bonds. The minimum atomic E-state index is -0.211. The van der Waals surface area contributed by atoms with Crippen molar-refractivity contribution in [1.82, 2.24) is 0 Å². The fraction of sp³-hybridized carbons (Fsp3) is 0.757. The van der Waals surface area contributed by atoms with Crippen LogP contribution in [0.1, 0.15) is 130 Å². The lowest BCUT2D eigenvalue weighted by Gasteiger charge is -2.74. The molecule has 5 aliphatic carbocycles. The van der Waals surface area contributed by atoms with Crippen LogP contribution in [0.25, 0.3) is 0 Å². The number of hydrogen-bond acceptors (Lipinski definition) is 2. The summed E-state index contributed by atoms with van der Waals surface area (Å²) < 4.78 is 6.11. The summed E-state index contributed by atoms with van der Waals surface area (Å²) >= 11 is 0. The van der Waals surface area contributed by atoms with Gasteiger partial charge in [-0.2, -0.15) is 0 Å². The van der Waals surface area contributed by atoms with Gasteiger partial charge in [0.1, 0.15) is 5.76 Å². The van der Waals surface area contributed by atoms with Gasteiger partial charge in [0.25, 0.3) is 0 Å². The maximum absolute atomic E-state index is 13.0. The fourth-order valence-corrected chi connectivity index (χ4v) is 11.8. The van der Waals surface area contributed by atoms with Crippen molar-refractivity contribution in [2.75, 3.05) is 0 Å². The van der Waals surface area contributed by atoms with E-state index in [1.54, 1.807) is 0 Å². The van der Waals surface area contributed by atoms with E-state index in [4.69, 9.17) is 4.74 Å². The molecule has 5 aliphatic rings. The van der Waals surface area contributed by atoms with Crippen LogP contribution in [0.2, 0.25) is 0 Å². The highest BCUT2D eigenvalue weighted by molar-refractivity contribution is 5.90. The van der Waals surface area contributed by atoms with Gasteiger partial charge in [-0.25, -0.2) is 4.79 Å². The number of hydrogen-bond donors (Lipinski definition) is 0. The van der Waals surface area contributed by atoms with E-state index in [1.807, 2.05) is 30.3 Å². The molecule has 1 aromatic carbocycles. The molecule has 2 heteroatoms. The van der Waals surface area contributed by atoms with Gasteiger partial charge in [-0.1, -0.05) is 73.6 Å². The molecule has 1 aromatic rings. The van der Waals surface area contributed by atoms with E-state index in [0.717, 1.165) is 24.0 Å². The first-order valence-corrected chi connectivity index (χ1v) is 16.2. The Morgan fingerprint density at radius 2 is 1.38 bits per heavy atom. The molecule has 6 rings (SSSR count). The van der Waals surface area contributed by atoms with Gasteiger partial charge in [0.15, 0.2) is 0 Å². The minimum Gasteiger partial charge on any atom is -0.428 e. The predicted molar refractivity (Wildman–Crippen MR) is 160 cm³/mol. The average molecular weight is 531 g/mol. The van der Waals surface area contributed by atoms with E-state index in [0.29, 0.717) is 38.6 Å². The van der Waals surface area contributed by atoms with Gasteiger partial charge < -0.3 is 4.74 Å². The normalized spacial score (nSPS) is 48.5. The van der Waals surface area contributed by atoms with Gasteiger partial charge in [0.2, 0.25) is 0 Å². The number of ether oxygens (including phenoxy) is 1. The van der Waals surface area contributed by atoms with Crippen molar-refractivity contribution in [1.29, 1.82) is 0 Å². The number of benzene rings is 1. The number of carbonyl (C=O) groups excluding carboxylic acids is 1. The molecule has 0 radical (unpaired) electrons. The fourth-order valence-electron chi connectivity index (χ4n) is 11.8. The van der Waals surface area contributed by atoms with Crippen molar-refractivity contribution in [2.24, 2.45) is 56.2 Å². The van der Waals surface area contributed by atoms with E-state index in [2.05, 4.69) is 61.5 Å². The highest BCUT2D eigenvalue weighted by Gasteiger charge is 2.70. The molecule has 0 bridgehead atoms. The third-order valence-corrected chi connectivity index (χ3v) is 14.8. The van der Waals surface area contributed by atoms with Gasteiger partial charge in [-0.3, -0.25) is 0 Å². The van der Waals surface area contributed by atoms with E-state index in [1.165, 1.54) is 57.8 Å². The lowest BCUT2D eigenvalue weighted by Crippen LogP contribution is -2.67. The Hall–Kier alpha value is -1.57. The van der Waals surface area contributed by atoms with Gasteiger partial charge in [-0.05, 0) is 133 Å². The molecule has 2 nitrogen and oxygen atoms in total. The quantitative estimate of drug-likeness (QED) is 0.356. The Bertz CT molecular complexity index is 1170. The van der Waals surface area contributed by atoms with Crippen molar-refractivity contribution in [3.63, 3.8) is 0 Å². The molecule has 0 saturated heterocycles. The summed E-state index contributed by atoms with van der Waals surface area (Å²) in [5.41, 5.74) is 3.01. The monoisotopic (exact) mass is 530 g/mol. The van der Waals surface area contributed by atoms with Gasteiger partial charge in [0.05, 0.1) is 5.56 Å². The summed E-state index contributed by atoms with van der Waals surface area (Å²) in [6.45, 7) is 20.8. The summed E-state index contributed by atoms with van der Waals surface area (Å²) in [4.78, 5) is 13.0. The molecule has 0 heterocycles. The van der Waals surface area contributed by atoms with E-state index in [9.17, 15) is 4.79 Å². The van der Waals surface area contributed by atoms with Crippen LogP contribution in [0.4, 0.5) is 0 Å². The molecule has 0 aliphatic heterocycles. The van der Waals surface area contributed by atoms with Crippen molar-refractivity contribution in [2.45, 2.75) is 120 Å². The van der Waals surface area contributed by atoms with Crippen molar-refractivity contribution in [3.8, 4) is 0 Å².